The zero-order chi connectivity index (χ0) is 11.3. The molecule has 15 heavy (non-hydrogen) atoms. The smallest absolute Gasteiger partial charge is 0.304 e. The number of aliphatic carboxylic acids is 1. The van der Waals surface area contributed by atoms with Gasteiger partial charge in [0.2, 0.25) is 0 Å². The second-order valence-corrected chi connectivity index (χ2v) is 4.47. The number of pyridine rings is 1. The van der Waals surface area contributed by atoms with Crippen LogP contribution in [-0.4, -0.2) is 21.3 Å². The first-order valence-corrected chi connectivity index (χ1v) is 5.25. The average Bonchev–Trinajstić information content (AvgIpc) is 2.17. The Bertz CT molecular complexity index is 401. The summed E-state index contributed by atoms with van der Waals surface area (Å²) in [5.41, 5.74) is 0.347. The van der Waals surface area contributed by atoms with Crippen molar-refractivity contribution in [3.8, 4) is 6.07 Å². The van der Waals surface area contributed by atoms with E-state index in [1.807, 2.05) is 13.0 Å². The Morgan fingerprint density at radius 1 is 1.80 bits per heavy atom. The molecule has 4 nitrogen and oxygen atoms in total. The van der Waals surface area contributed by atoms with Gasteiger partial charge in [0, 0.05) is 16.3 Å². The lowest BCUT2D eigenvalue weighted by Gasteiger charge is -2.08. The quantitative estimate of drug-likeness (QED) is 0.787. The molecule has 5 heteroatoms. The van der Waals surface area contributed by atoms with E-state index in [0.717, 1.165) is 4.90 Å². The van der Waals surface area contributed by atoms with Crippen LogP contribution in [0.3, 0.4) is 0 Å². The summed E-state index contributed by atoms with van der Waals surface area (Å²) in [7, 11) is 0. The van der Waals surface area contributed by atoms with E-state index in [0.29, 0.717) is 5.69 Å². The second-order valence-electron chi connectivity index (χ2n) is 2.99. The highest BCUT2D eigenvalue weighted by Gasteiger charge is 2.11. The maximum atomic E-state index is 10.5. The van der Waals surface area contributed by atoms with Crippen LogP contribution in [0.25, 0.3) is 0 Å². The average molecular weight is 222 g/mol. The molecule has 1 rings (SSSR count). The molecule has 0 spiro atoms. The fourth-order valence-corrected chi connectivity index (χ4v) is 2.10. The number of nitrogens with zero attached hydrogens (tertiary/aromatic N) is 2. The SMILES string of the molecule is CC(CC(=O)O)Sc1cccnc1C#N. The molecule has 1 heterocycles. The van der Waals surface area contributed by atoms with Gasteiger partial charge in [0.1, 0.15) is 6.07 Å². The third-order valence-corrected chi connectivity index (χ3v) is 2.82. The van der Waals surface area contributed by atoms with Crippen LogP contribution in [0.15, 0.2) is 23.2 Å². The molecule has 0 aliphatic carbocycles. The number of hydrogen-bond acceptors (Lipinski definition) is 4. The molecule has 1 unspecified atom stereocenters. The van der Waals surface area contributed by atoms with E-state index in [9.17, 15) is 4.79 Å². The summed E-state index contributed by atoms with van der Waals surface area (Å²) in [5.74, 6) is -0.836. The summed E-state index contributed by atoms with van der Waals surface area (Å²) in [6, 6.07) is 5.48. The van der Waals surface area contributed by atoms with E-state index in [2.05, 4.69) is 4.98 Å². The maximum Gasteiger partial charge on any atom is 0.304 e. The van der Waals surface area contributed by atoms with E-state index in [1.165, 1.54) is 11.8 Å². The number of carboxylic acids is 1. The third kappa shape index (κ3) is 3.60. The Hall–Kier alpha value is -1.54. The molecule has 1 N–H and O–H groups in total. The van der Waals surface area contributed by atoms with E-state index < -0.39 is 5.97 Å². The van der Waals surface area contributed by atoms with Gasteiger partial charge in [-0.15, -0.1) is 11.8 Å². The number of rotatable bonds is 4. The van der Waals surface area contributed by atoms with Crippen LogP contribution in [0.5, 0.6) is 0 Å². The van der Waals surface area contributed by atoms with E-state index in [-0.39, 0.29) is 11.7 Å². The van der Waals surface area contributed by atoms with Crippen molar-refractivity contribution in [3.63, 3.8) is 0 Å². The Morgan fingerprint density at radius 3 is 3.13 bits per heavy atom. The summed E-state index contributed by atoms with van der Waals surface area (Å²) in [6.07, 6.45) is 1.62. The Morgan fingerprint density at radius 2 is 2.53 bits per heavy atom. The zero-order valence-corrected chi connectivity index (χ0v) is 8.99. The number of carboxylic acid groups (broad SMARTS) is 1. The molecular weight excluding hydrogens is 212 g/mol. The van der Waals surface area contributed by atoms with Crippen molar-refractivity contribution in [1.29, 1.82) is 5.26 Å². The van der Waals surface area contributed by atoms with Gasteiger partial charge in [-0.2, -0.15) is 5.26 Å². The van der Waals surface area contributed by atoms with Crippen LogP contribution >= 0.6 is 11.8 Å². The molecule has 0 fully saturated rings. The minimum atomic E-state index is -0.836. The van der Waals surface area contributed by atoms with Gasteiger partial charge < -0.3 is 5.11 Å². The van der Waals surface area contributed by atoms with Crippen LogP contribution < -0.4 is 0 Å². The Labute approximate surface area is 91.9 Å². The van der Waals surface area contributed by atoms with Gasteiger partial charge in [0.05, 0.1) is 6.42 Å². The molecule has 0 aliphatic heterocycles. The third-order valence-electron chi connectivity index (χ3n) is 1.67. The lowest BCUT2D eigenvalue weighted by Crippen LogP contribution is -2.05. The fraction of sp³-hybridized carbons (Fsp3) is 0.300. The van der Waals surface area contributed by atoms with Gasteiger partial charge in [-0.25, -0.2) is 4.98 Å². The molecule has 0 aliphatic rings. The lowest BCUT2D eigenvalue weighted by atomic mass is 10.3. The summed E-state index contributed by atoms with van der Waals surface area (Å²) in [5, 5.41) is 17.3. The van der Waals surface area contributed by atoms with Crippen molar-refractivity contribution >= 4 is 17.7 Å². The molecule has 1 aromatic heterocycles. The molecule has 1 atom stereocenters. The van der Waals surface area contributed by atoms with Gasteiger partial charge in [0.25, 0.3) is 0 Å². The van der Waals surface area contributed by atoms with Gasteiger partial charge in [-0.3, -0.25) is 4.79 Å². The Balaban J connectivity index is 2.72. The Kier molecular flexibility index (Phi) is 4.13. The number of aromatic nitrogens is 1. The fourth-order valence-electron chi connectivity index (χ4n) is 1.07. The number of hydrogen-bond donors (Lipinski definition) is 1. The zero-order valence-electron chi connectivity index (χ0n) is 8.17. The predicted octanol–water partition coefficient (Wildman–Crippen LogP) is 1.91. The predicted molar refractivity (Wildman–Crippen MR) is 56.5 cm³/mol. The molecule has 0 saturated heterocycles. The molecule has 1 aromatic rings. The van der Waals surface area contributed by atoms with Crippen LogP contribution in [0.1, 0.15) is 19.0 Å². The first-order valence-electron chi connectivity index (χ1n) is 4.37. The summed E-state index contributed by atoms with van der Waals surface area (Å²) < 4.78 is 0. The van der Waals surface area contributed by atoms with Crippen molar-refractivity contribution in [1.82, 2.24) is 4.98 Å². The van der Waals surface area contributed by atoms with Gasteiger partial charge in [-0.1, -0.05) is 6.92 Å². The highest BCUT2D eigenvalue weighted by Crippen LogP contribution is 2.26. The lowest BCUT2D eigenvalue weighted by molar-refractivity contribution is -0.136. The monoisotopic (exact) mass is 222 g/mol. The van der Waals surface area contributed by atoms with Gasteiger partial charge in [-0.05, 0) is 12.1 Å². The minimum Gasteiger partial charge on any atom is -0.481 e. The van der Waals surface area contributed by atoms with E-state index in [4.69, 9.17) is 10.4 Å². The van der Waals surface area contributed by atoms with Crippen molar-refractivity contribution in [2.45, 2.75) is 23.5 Å². The van der Waals surface area contributed by atoms with Crippen LogP contribution in [0.2, 0.25) is 0 Å². The molecule has 0 aromatic carbocycles. The largest absolute Gasteiger partial charge is 0.481 e. The summed E-state index contributed by atoms with van der Waals surface area (Å²) >= 11 is 1.36. The van der Waals surface area contributed by atoms with Crippen molar-refractivity contribution in [2.75, 3.05) is 0 Å². The minimum absolute atomic E-state index is 0.0706. The molecule has 0 amide bonds. The number of thioether (sulfide) groups is 1. The van der Waals surface area contributed by atoms with Crippen molar-refractivity contribution in [3.05, 3.63) is 24.0 Å². The molecule has 78 valence electrons. The summed E-state index contributed by atoms with van der Waals surface area (Å²) in [6.45, 7) is 1.81. The molecule has 0 saturated carbocycles. The van der Waals surface area contributed by atoms with E-state index in [1.54, 1.807) is 18.3 Å². The van der Waals surface area contributed by atoms with E-state index >= 15 is 0 Å². The number of nitriles is 1. The van der Waals surface area contributed by atoms with Crippen molar-refractivity contribution in [2.24, 2.45) is 0 Å². The normalized spacial score (nSPS) is 11.7. The summed E-state index contributed by atoms with van der Waals surface area (Å²) in [4.78, 5) is 15.1. The van der Waals surface area contributed by atoms with Crippen LogP contribution in [0, 0.1) is 11.3 Å². The van der Waals surface area contributed by atoms with Crippen LogP contribution in [0.4, 0.5) is 0 Å². The number of carbonyl (C=O) groups is 1. The second kappa shape index (κ2) is 5.37. The van der Waals surface area contributed by atoms with Crippen LogP contribution in [-0.2, 0) is 4.79 Å². The topological polar surface area (TPSA) is 74.0 Å². The first kappa shape index (κ1) is 11.5. The molecule has 0 bridgehead atoms. The van der Waals surface area contributed by atoms with Gasteiger partial charge in [0.15, 0.2) is 5.69 Å². The highest BCUT2D eigenvalue weighted by atomic mass is 32.2. The highest BCUT2D eigenvalue weighted by molar-refractivity contribution is 8.00. The maximum absolute atomic E-state index is 10.5. The standard InChI is InChI=1S/C10H10N2O2S/c1-7(5-10(13)14)15-9-3-2-4-12-8(9)6-11/h2-4,7H,5H2,1H3,(H,13,14). The first-order chi connectivity index (χ1) is 7.13. The molecular formula is C10H10N2O2S. The van der Waals surface area contributed by atoms with Crippen molar-refractivity contribution < 1.29 is 9.90 Å². The molecule has 0 radical (unpaired) electrons. The van der Waals surface area contributed by atoms with Gasteiger partial charge >= 0.3 is 5.97 Å².